The van der Waals surface area contributed by atoms with Crippen molar-refractivity contribution in [1.29, 1.82) is 0 Å². The molecule has 0 aliphatic heterocycles. The van der Waals surface area contributed by atoms with Gasteiger partial charge in [-0.25, -0.2) is 4.79 Å². The molecule has 0 spiro atoms. The third-order valence-electron chi connectivity index (χ3n) is 2.77. The van der Waals surface area contributed by atoms with Gasteiger partial charge in [-0.2, -0.15) is 0 Å². The van der Waals surface area contributed by atoms with Crippen molar-refractivity contribution >= 4 is 17.7 Å². The molecule has 0 fully saturated rings. The number of nitrogens with zero attached hydrogens (tertiary/aromatic N) is 1. The number of carbonyl (C=O) groups excluding carboxylic acids is 1. The van der Waals surface area contributed by atoms with E-state index in [1.165, 1.54) is 30.3 Å². The van der Waals surface area contributed by atoms with Gasteiger partial charge in [-0.1, -0.05) is 18.2 Å². The van der Waals surface area contributed by atoms with Gasteiger partial charge in [-0.05, 0) is 29.8 Å². The molecule has 0 atom stereocenters. The van der Waals surface area contributed by atoms with Crippen molar-refractivity contribution in [3.05, 3.63) is 70.3 Å². The van der Waals surface area contributed by atoms with E-state index >= 15 is 0 Å². The third-order valence-corrected chi connectivity index (χ3v) is 2.77. The number of carbonyl (C=O) groups is 1. The molecule has 112 valence electrons. The van der Waals surface area contributed by atoms with E-state index in [1.807, 2.05) is 0 Å². The van der Waals surface area contributed by atoms with Crippen LogP contribution < -0.4 is 9.47 Å². The summed E-state index contributed by atoms with van der Waals surface area (Å²) in [5, 5.41) is 10.6. The van der Waals surface area contributed by atoms with E-state index in [2.05, 4.69) is 0 Å². The number of rotatable bonds is 5. The number of ether oxygens (including phenoxy) is 2. The lowest BCUT2D eigenvalue weighted by atomic mass is 10.2. The van der Waals surface area contributed by atoms with Crippen LogP contribution in [0, 0.1) is 10.1 Å². The normalized spacial score (nSPS) is 10.4. The molecule has 0 heterocycles. The van der Waals surface area contributed by atoms with Crippen LogP contribution in [0.15, 0.2) is 54.6 Å². The minimum atomic E-state index is -0.615. The van der Waals surface area contributed by atoms with Gasteiger partial charge < -0.3 is 9.47 Å². The highest BCUT2D eigenvalue weighted by atomic mass is 16.6. The molecule has 0 aliphatic carbocycles. The van der Waals surface area contributed by atoms with E-state index in [9.17, 15) is 14.9 Å². The first-order valence-electron chi connectivity index (χ1n) is 6.37. The van der Waals surface area contributed by atoms with Gasteiger partial charge in [0.2, 0.25) is 0 Å². The van der Waals surface area contributed by atoms with Crippen LogP contribution in [0.5, 0.6) is 11.5 Å². The van der Waals surface area contributed by atoms with E-state index in [4.69, 9.17) is 9.47 Å². The molecule has 2 rings (SSSR count). The first kappa shape index (κ1) is 15.2. The largest absolute Gasteiger partial charge is 0.497 e. The lowest BCUT2D eigenvalue weighted by Gasteiger charge is -2.01. The SMILES string of the molecule is COc1ccc(C=CC(=O)Oc2cccc([N+](=O)[O-])c2)cc1. The van der Waals surface area contributed by atoms with Crippen molar-refractivity contribution in [3.63, 3.8) is 0 Å². The second-order valence-corrected chi connectivity index (χ2v) is 4.28. The Morgan fingerprint density at radius 2 is 1.86 bits per heavy atom. The van der Waals surface area contributed by atoms with E-state index in [1.54, 1.807) is 37.5 Å². The second-order valence-electron chi connectivity index (χ2n) is 4.28. The van der Waals surface area contributed by atoms with Crippen molar-refractivity contribution in [2.75, 3.05) is 7.11 Å². The molecule has 0 radical (unpaired) electrons. The molecule has 22 heavy (non-hydrogen) atoms. The van der Waals surface area contributed by atoms with Gasteiger partial charge in [0.1, 0.15) is 11.5 Å². The summed E-state index contributed by atoms with van der Waals surface area (Å²) in [7, 11) is 1.57. The van der Waals surface area contributed by atoms with Gasteiger partial charge in [-0.3, -0.25) is 10.1 Å². The zero-order valence-corrected chi connectivity index (χ0v) is 11.8. The maximum Gasteiger partial charge on any atom is 0.336 e. The Bertz CT molecular complexity index is 707. The molecule has 6 heteroatoms. The fourth-order valence-electron chi connectivity index (χ4n) is 1.69. The van der Waals surface area contributed by atoms with Gasteiger partial charge >= 0.3 is 5.97 Å². The average molecular weight is 299 g/mol. The topological polar surface area (TPSA) is 78.7 Å². The first-order valence-corrected chi connectivity index (χ1v) is 6.37. The van der Waals surface area contributed by atoms with Crippen LogP contribution in [-0.4, -0.2) is 18.0 Å². The van der Waals surface area contributed by atoms with Crippen LogP contribution >= 0.6 is 0 Å². The fraction of sp³-hybridized carbons (Fsp3) is 0.0625. The molecule has 2 aromatic rings. The quantitative estimate of drug-likeness (QED) is 0.278. The molecule has 6 nitrogen and oxygen atoms in total. The van der Waals surface area contributed by atoms with Crippen LogP contribution in [0.4, 0.5) is 5.69 Å². The second kappa shape index (κ2) is 7.03. The molecule has 0 saturated carbocycles. The maximum absolute atomic E-state index is 11.7. The van der Waals surface area contributed by atoms with Gasteiger partial charge in [0.25, 0.3) is 5.69 Å². The molecule has 0 bridgehead atoms. The average Bonchev–Trinajstić information content (AvgIpc) is 2.53. The maximum atomic E-state index is 11.7. The van der Waals surface area contributed by atoms with Gasteiger partial charge in [0, 0.05) is 12.1 Å². The summed E-state index contributed by atoms with van der Waals surface area (Å²) in [6, 6.07) is 12.6. The summed E-state index contributed by atoms with van der Waals surface area (Å²) >= 11 is 0. The van der Waals surface area contributed by atoms with Gasteiger partial charge in [0.05, 0.1) is 18.1 Å². The predicted octanol–water partition coefficient (Wildman–Crippen LogP) is 3.22. The Morgan fingerprint density at radius 3 is 2.50 bits per heavy atom. The van der Waals surface area contributed by atoms with Crippen LogP contribution in [0.1, 0.15) is 5.56 Å². The van der Waals surface area contributed by atoms with Crippen molar-refractivity contribution < 1.29 is 19.2 Å². The molecule has 0 amide bonds. The van der Waals surface area contributed by atoms with Crippen molar-refractivity contribution in [3.8, 4) is 11.5 Å². The molecule has 0 aliphatic rings. The van der Waals surface area contributed by atoms with E-state index in [0.29, 0.717) is 0 Å². The number of non-ortho nitro benzene ring substituents is 1. The van der Waals surface area contributed by atoms with Crippen molar-refractivity contribution in [1.82, 2.24) is 0 Å². The Labute approximate surface area is 126 Å². The Morgan fingerprint density at radius 1 is 1.14 bits per heavy atom. The Kier molecular flexibility index (Phi) is 4.87. The molecular formula is C16H13NO5. The Hall–Kier alpha value is -3.15. The van der Waals surface area contributed by atoms with E-state index in [0.717, 1.165) is 11.3 Å². The van der Waals surface area contributed by atoms with E-state index < -0.39 is 10.9 Å². The molecule has 2 aromatic carbocycles. The van der Waals surface area contributed by atoms with Gasteiger partial charge in [-0.15, -0.1) is 0 Å². The standard InChI is InChI=1S/C16H13NO5/c1-21-14-8-5-12(6-9-14)7-10-16(18)22-15-4-2-3-13(11-15)17(19)20/h2-11H,1H3. The molecule has 0 saturated heterocycles. The van der Waals surface area contributed by atoms with Crippen molar-refractivity contribution in [2.45, 2.75) is 0 Å². The highest BCUT2D eigenvalue weighted by molar-refractivity contribution is 5.88. The van der Waals surface area contributed by atoms with Crippen LogP contribution in [-0.2, 0) is 4.79 Å². The zero-order valence-electron chi connectivity index (χ0n) is 11.8. The highest BCUT2D eigenvalue weighted by Gasteiger charge is 2.08. The molecular weight excluding hydrogens is 286 g/mol. The van der Waals surface area contributed by atoms with Crippen LogP contribution in [0.3, 0.4) is 0 Å². The van der Waals surface area contributed by atoms with Crippen LogP contribution in [0.25, 0.3) is 6.08 Å². The first-order chi connectivity index (χ1) is 10.6. The van der Waals surface area contributed by atoms with Crippen molar-refractivity contribution in [2.24, 2.45) is 0 Å². The van der Waals surface area contributed by atoms with E-state index in [-0.39, 0.29) is 11.4 Å². The summed E-state index contributed by atoms with van der Waals surface area (Å²) in [5.41, 5.74) is 0.668. The minimum Gasteiger partial charge on any atom is -0.497 e. The number of methoxy groups -OCH3 is 1. The zero-order chi connectivity index (χ0) is 15.9. The Balaban J connectivity index is 2.01. The predicted molar refractivity (Wildman–Crippen MR) is 80.8 cm³/mol. The number of esters is 1. The number of nitro groups is 1. The summed E-state index contributed by atoms with van der Waals surface area (Å²) in [6.45, 7) is 0. The summed E-state index contributed by atoms with van der Waals surface area (Å²) < 4.78 is 10.1. The number of hydrogen-bond acceptors (Lipinski definition) is 5. The van der Waals surface area contributed by atoms with Crippen LogP contribution in [0.2, 0.25) is 0 Å². The summed E-state index contributed by atoms with van der Waals surface area (Å²) in [4.78, 5) is 21.8. The third kappa shape index (κ3) is 4.17. The minimum absolute atomic E-state index is 0.124. The summed E-state index contributed by atoms with van der Waals surface area (Å²) in [6.07, 6.45) is 2.83. The smallest absolute Gasteiger partial charge is 0.336 e. The molecule has 0 aromatic heterocycles. The monoisotopic (exact) mass is 299 g/mol. The fourth-order valence-corrected chi connectivity index (χ4v) is 1.69. The number of hydrogen-bond donors (Lipinski definition) is 0. The highest BCUT2D eigenvalue weighted by Crippen LogP contribution is 2.19. The lowest BCUT2D eigenvalue weighted by Crippen LogP contribution is -2.03. The lowest BCUT2D eigenvalue weighted by molar-refractivity contribution is -0.384. The summed E-state index contributed by atoms with van der Waals surface area (Å²) in [5.74, 6) is 0.228. The molecule has 0 N–H and O–H groups in total. The van der Waals surface area contributed by atoms with Gasteiger partial charge in [0.15, 0.2) is 0 Å². The number of benzene rings is 2. The molecule has 0 unspecified atom stereocenters. The number of nitro benzene ring substituents is 1.